The van der Waals surface area contributed by atoms with Crippen molar-refractivity contribution in [1.29, 1.82) is 0 Å². The summed E-state index contributed by atoms with van der Waals surface area (Å²) in [4.78, 5) is 0. The minimum absolute atomic E-state index is 0.0224. The van der Waals surface area contributed by atoms with Crippen LogP contribution in [0.15, 0.2) is 164 Å². The molecule has 3 heteroatoms. The van der Waals surface area contributed by atoms with E-state index in [1.54, 1.807) is 14.2 Å². The molecular formula is C45H36O3. The lowest BCUT2D eigenvalue weighted by molar-refractivity contribution is 0.282. The number of hydrogen-bond donors (Lipinski definition) is 1. The van der Waals surface area contributed by atoms with Crippen molar-refractivity contribution >= 4 is 0 Å². The van der Waals surface area contributed by atoms with Gasteiger partial charge in [0.25, 0.3) is 0 Å². The predicted molar refractivity (Wildman–Crippen MR) is 198 cm³/mol. The summed E-state index contributed by atoms with van der Waals surface area (Å²) in [6, 6.07) is 57.4. The molecule has 48 heavy (non-hydrogen) atoms. The van der Waals surface area contributed by atoms with Gasteiger partial charge in [-0.05, 0) is 115 Å². The van der Waals surface area contributed by atoms with Gasteiger partial charge in [0.15, 0.2) is 0 Å². The maximum absolute atomic E-state index is 9.66. The van der Waals surface area contributed by atoms with Crippen molar-refractivity contribution in [2.24, 2.45) is 0 Å². The Bertz CT molecular complexity index is 1900. The van der Waals surface area contributed by atoms with Crippen LogP contribution in [0.25, 0.3) is 66.8 Å². The number of ether oxygens (including phenoxy) is 2. The maximum Gasteiger partial charge on any atom is 0.118 e. The lowest BCUT2D eigenvalue weighted by atomic mass is 9.86. The van der Waals surface area contributed by atoms with E-state index in [0.29, 0.717) is 0 Å². The fourth-order valence-corrected chi connectivity index (χ4v) is 6.38. The third kappa shape index (κ3) is 6.24. The Labute approximate surface area is 282 Å². The smallest absolute Gasteiger partial charge is 0.118 e. The zero-order valence-corrected chi connectivity index (χ0v) is 27.1. The van der Waals surface area contributed by atoms with Gasteiger partial charge in [-0.1, -0.05) is 121 Å². The molecule has 0 atom stereocenters. The van der Waals surface area contributed by atoms with Gasteiger partial charge >= 0.3 is 0 Å². The highest BCUT2D eigenvalue weighted by Gasteiger charge is 2.16. The van der Waals surface area contributed by atoms with Gasteiger partial charge in [-0.25, -0.2) is 0 Å². The van der Waals surface area contributed by atoms with Gasteiger partial charge in [-0.15, -0.1) is 0 Å². The molecule has 7 aromatic rings. The Morgan fingerprint density at radius 2 is 0.625 bits per heavy atom. The van der Waals surface area contributed by atoms with E-state index in [4.69, 9.17) is 9.47 Å². The first-order valence-corrected chi connectivity index (χ1v) is 16.1. The van der Waals surface area contributed by atoms with E-state index < -0.39 is 0 Å². The monoisotopic (exact) mass is 624 g/mol. The number of benzene rings is 7. The fourth-order valence-electron chi connectivity index (χ4n) is 6.38. The van der Waals surface area contributed by atoms with Gasteiger partial charge in [0.1, 0.15) is 11.5 Å². The second kappa shape index (κ2) is 13.8. The van der Waals surface area contributed by atoms with Crippen LogP contribution in [0.3, 0.4) is 0 Å². The van der Waals surface area contributed by atoms with E-state index in [0.717, 1.165) is 83.8 Å². The lowest BCUT2D eigenvalue weighted by Crippen LogP contribution is -1.92. The first kappa shape index (κ1) is 30.7. The van der Waals surface area contributed by atoms with Crippen LogP contribution in [0, 0.1) is 0 Å². The standard InChI is InChI=1S/C45H36O3/c1-47-38-23-19-33(20-24-38)41-10-4-7-13-44(41)36-27-35(43-12-6-3-9-40(43)32-17-15-31(30-46)16-18-32)28-37(29-36)45-14-8-5-11-42(45)34-21-25-39(48-2)26-22-34/h3-29,46H,30H2,1-2H3. The van der Waals surface area contributed by atoms with Gasteiger partial charge in [0, 0.05) is 0 Å². The van der Waals surface area contributed by atoms with Crippen molar-refractivity contribution in [3.05, 3.63) is 169 Å². The first-order chi connectivity index (χ1) is 23.6. The quantitative estimate of drug-likeness (QED) is 0.174. The topological polar surface area (TPSA) is 38.7 Å². The molecule has 0 radical (unpaired) electrons. The van der Waals surface area contributed by atoms with E-state index in [-0.39, 0.29) is 6.61 Å². The molecule has 7 aromatic carbocycles. The Hall–Kier alpha value is -5.90. The van der Waals surface area contributed by atoms with Gasteiger partial charge in [-0.2, -0.15) is 0 Å². The Morgan fingerprint density at radius 3 is 0.896 bits per heavy atom. The number of methoxy groups -OCH3 is 2. The summed E-state index contributed by atoms with van der Waals surface area (Å²) in [5.74, 6) is 1.67. The van der Waals surface area contributed by atoms with Crippen molar-refractivity contribution in [3.63, 3.8) is 0 Å². The summed E-state index contributed by atoms with van der Waals surface area (Å²) in [6.07, 6.45) is 0. The van der Waals surface area contributed by atoms with Crippen LogP contribution in [0.2, 0.25) is 0 Å². The zero-order valence-electron chi connectivity index (χ0n) is 27.1. The molecule has 3 nitrogen and oxygen atoms in total. The predicted octanol–water partition coefficient (Wildman–Crippen LogP) is 11.2. The van der Waals surface area contributed by atoms with Crippen molar-refractivity contribution < 1.29 is 14.6 Å². The maximum atomic E-state index is 9.66. The molecule has 0 saturated heterocycles. The fraction of sp³-hybridized carbons (Fsp3) is 0.0667. The average Bonchev–Trinajstić information content (AvgIpc) is 3.18. The number of rotatable bonds is 9. The first-order valence-electron chi connectivity index (χ1n) is 16.1. The molecule has 234 valence electrons. The highest BCUT2D eigenvalue weighted by Crippen LogP contribution is 2.42. The largest absolute Gasteiger partial charge is 0.497 e. The number of aliphatic hydroxyl groups excluding tert-OH is 1. The van der Waals surface area contributed by atoms with Crippen LogP contribution in [-0.2, 0) is 6.61 Å². The summed E-state index contributed by atoms with van der Waals surface area (Å²) in [6.45, 7) is 0.0224. The van der Waals surface area contributed by atoms with Crippen molar-refractivity contribution in [1.82, 2.24) is 0 Å². The van der Waals surface area contributed by atoms with E-state index in [1.807, 2.05) is 36.4 Å². The van der Waals surface area contributed by atoms with Gasteiger partial charge in [0.05, 0.1) is 20.8 Å². The molecule has 0 aliphatic heterocycles. The van der Waals surface area contributed by atoms with Crippen LogP contribution in [0.1, 0.15) is 5.56 Å². The molecule has 0 aliphatic rings. The van der Waals surface area contributed by atoms with Gasteiger partial charge in [-0.3, -0.25) is 0 Å². The Balaban J connectivity index is 1.45. The minimum Gasteiger partial charge on any atom is -0.497 e. The number of hydrogen-bond acceptors (Lipinski definition) is 3. The summed E-state index contributed by atoms with van der Waals surface area (Å²) < 4.78 is 10.9. The van der Waals surface area contributed by atoms with Crippen LogP contribution in [-0.4, -0.2) is 19.3 Å². The SMILES string of the molecule is COc1ccc(-c2ccccc2-c2cc(-c3ccccc3-c3ccc(CO)cc3)cc(-c3ccccc3-c3ccc(OC)cc3)c2)cc1. The van der Waals surface area contributed by atoms with Crippen molar-refractivity contribution in [3.8, 4) is 78.3 Å². The molecule has 0 spiro atoms. The second-order valence-electron chi connectivity index (χ2n) is 11.7. The summed E-state index contributed by atoms with van der Waals surface area (Å²) in [7, 11) is 3.39. The van der Waals surface area contributed by atoms with E-state index in [1.165, 1.54) is 0 Å². The molecule has 0 aromatic heterocycles. The Morgan fingerprint density at radius 1 is 0.354 bits per heavy atom. The molecule has 0 heterocycles. The molecule has 0 bridgehead atoms. The molecule has 0 fully saturated rings. The molecular weight excluding hydrogens is 588 g/mol. The third-order valence-electron chi connectivity index (χ3n) is 8.90. The van der Waals surface area contributed by atoms with E-state index in [9.17, 15) is 5.11 Å². The molecule has 7 rings (SSSR count). The van der Waals surface area contributed by atoms with Gasteiger partial charge in [0.2, 0.25) is 0 Å². The number of aliphatic hydroxyl groups is 1. The minimum atomic E-state index is 0.0224. The van der Waals surface area contributed by atoms with Crippen molar-refractivity contribution in [2.75, 3.05) is 14.2 Å². The molecule has 1 N–H and O–H groups in total. The van der Waals surface area contributed by atoms with Crippen molar-refractivity contribution in [2.45, 2.75) is 6.61 Å². The van der Waals surface area contributed by atoms with Crippen LogP contribution >= 0.6 is 0 Å². The highest BCUT2D eigenvalue weighted by molar-refractivity contribution is 5.94. The second-order valence-corrected chi connectivity index (χ2v) is 11.7. The summed E-state index contributed by atoms with van der Waals surface area (Å²) in [5.41, 5.74) is 14.5. The molecule has 0 unspecified atom stereocenters. The molecule has 0 aliphatic carbocycles. The average molecular weight is 625 g/mol. The van der Waals surface area contributed by atoms with E-state index >= 15 is 0 Å². The summed E-state index contributed by atoms with van der Waals surface area (Å²) >= 11 is 0. The third-order valence-corrected chi connectivity index (χ3v) is 8.90. The normalized spacial score (nSPS) is 10.9. The highest BCUT2D eigenvalue weighted by atomic mass is 16.5. The van der Waals surface area contributed by atoms with Crippen LogP contribution in [0.4, 0.5) is 0 Å². The molecule has 0 saturated carbocycles. The molecule has 0 amide bonds. The van der Waals surface area contributed by atoms with E-state index in [2.05, 4.69) is 127 Å². The Kier molecular flexibility index (Phi) is 8.86. The summed E-state index contributed by atoms with van der Waals surface area (Å²) in [5, 5.41) is 9.66. The lowest BCUT2D eigenvalue weighted by Gasteiger charge is -2.18. The van der Waals surface area contributed by atoms with Crippen LogP contribution in [0.5, 0.6) is 11.5 Å². The zero-order chi connectivity index (χ0) is 32.9. The van der Waals surface area contributed by atoms with Crippen LogP contribution < -0.4 is 9.47 Å². The van der Waals surface area contributed by atoms with Gasteiger partial charge < -0.3 is 14.6 Å².